The molecule has 0 unspecified atom stereocenters. The van der Waals surface area contributed by atoms with Crippen LogP contribution < -0.4 is 0 Å². The minimum Gasteiger partial charge on any atom is -0.389 e. The second-order valence-electron chi connectivity index (χ2n) is 5.04. The highest BCUT2D eigenvalue weighted by Crippen LogP contribution is 2.26. The number of aliphatic hydroxyl groups is 1. The maximum Gasteiger partial charge on any atom is 0.0737 e. The Labute approximate surface area is 113 Å². The maximum absolute atomic E-state index is 10.2. The van der Waals surface area contributed by atoms with Gasteiger partial charge in [-0.05, 0) is 24.3 Å². The van der Waals surface area contributed by atoms with Crippen LogP contribution in [-0.4, -0.2) is 22.6 Å². The molecule has 2 rings (SSSR count). The number of rotatable bonds is 3. The SMILES string of the molecule is C[C@]1(O)CS/C=C\C[C@H](OCc2ccccc2)C1. The average molecular weight is 264 g/mol. The zero-order valence-corrected chi connectivity index (χ0v) is 11.5. The van der Waals surface area contributed by atoms with E-state index in [0.717, 1.165) is 12.2 Å². The summed E-state index contributed by atoms with van der Waals surface area (Å²) in [5, 5.41) is 12.3. The smallest absolute Gasteiger partial charge is 0.0737 e. The highest BCUT2D eigenvalue weighted by Gasteiger charge is 2.26. The van der Waals surface area contributed by atoms with E-state index in [1.165, 1.54) is 5.56 Å². The van der Waals surface area contributed by atoms with Crippen molar-refractivity contribution in [3.05, 3.63) is 47.4 Å². The molecule has 0 aromatic heterocycles. The Morgan fingerprint density at radius 3 is 2.94 bits per heavy atom. The number of hydrogen-bond donors (Lipinski definition) is 1. The van der Waals surface area contributed by atoms with Crippen molar-refractivity contribution < 1.29 is 9.84 Å². The summed E-state index contributed by atoms with van der Waals surface area (Å²) in [6, 6.07) is 10.2. The number of hydrogen-bond acceptors (Lipinski definition) is 3. The third kappa shape index (κ3) is 4.48. The lowest BCUT2D eigenvalue weighted by Crippen LogP contribution is -2.34. The van der Waals surface area contributed by atoms with Crippen molar-refractivity contribution in [2.75, 3.05) is 5.75 Å². The van der Waals surface area contributed by atoms with Crippen molar-refractivity contribution in [2.24, 2.45) is 0 Å². The van der Waals surface area contributed by atoms with Gasteiger partial charge in [0.15, 0.2) is 0 Å². The molecule has 0 radical (unpaired) electrons. The quantitative estimate of drug-likeness (QED) is 0.907. The first-order valence-electron chi connectivity index (χ1n) is 6.30. The van der Waals surface area contributed by atoms with E-state index in [2.05, 4.69) is 23.6 Å². The standard InChI is InChI=1S/C15H20O2S/c1-15(16)10-14(8-5-9-18-12-15)17-11-13-6-3-2-4-7-13/h2-7,9,14,16H,8,10-12H2,1H3/b9-5-/t14-,15+/m0/s1. The van der Waals surface area contributed by atoms with Gasteiger partial charge in [-0.25, -0.2) is 0 Å². The highest BCUT2D eigenvalue weighted by molar-refractivity contribution is 8.02. The van der Waals surface area contributed by atoms with E-state index in [1.807, 2.05) is 25.1 Å². The minimum absolute atomic E-state index is 0.0948. The topological polar surface area (TPSA) is 29.5 Å². The Hall–Kier alpha value is -0.770. The van der Waals surface area contributed by atoms with Crippen molar-refractivity contribution in [2.45, 2.75) is 38.1 Å². The van der Waals surface area contributed by atoms with Gasteiger partial charge >= 0.3 is 0 Å². The van der Waals surface area contributed by atoms with Crippen LogP contribution in [0.5, 0.6) is 0 Å². The molecule has 1 heterocycles. The molecule has 1 aliphatic heterocycles. The molecule has 2 atom stereocenters. The van der Waals surface area contributed by atoms with Crippen LogP contribution >= 0.6 is 11.8 Å². The lowest BCUT2D eigenvalue weighted by atomic mass is 9.98. The van der Waals surface area contributed by atoms with E-state index in [1.54, 1.807) is 11.8 Å². The molecule has 98 valence electrons. The fourth-order valence-corrected chi connectivity index (χ4v) is 2.87. The molecule has 1 aliphatic rings. The molecule has 0 spiro atoms. The summed E-state index contributed by atoms with van der Waals surface area (Å²) in [6.07, 6.45) is 3.79. The first kappa shape index (κ1) is 13.7. The molecule has 18 heavy (non-hydrogen) atoms. The molecule has 1 aromatic carbocycles. The number of benzene rings is 1. The maximum atomic E-state index is 10.2. The molecule has 0 saturated heterocycles. The zero-order chi connectivity index (χ0) is 12.8. The van der Waals surface area contributed by atoms with Gasteiger partial charge in [0.2, 0.25) is 0 Å². The minimum atomic E-state index is -0.642. The Balaban J connectivity index is 1.91. The van der Waals surface area contributed by atoms with Crippen LogP contribution in [0.4, 0.5) is 0 Å². The fourth-order valence-electron chi connectivity index (χ4n) is 2.05. The van der Waals surface area contributed by atoms with Gasteiger partial charge in [0, 0.05) is 12.2 Å². The summed E-state index contributed by atoms with van der Waals surface area (Å²) >= 11 is 1.67. The predicted octanol–water partition coefficient (Wildman–Crippen LogP) is 3.36. The van der Waals surface area contributed by atoms with Crippen molar-refractivity contribution in [1.29, 1.82) is 0 Å². The van der Waals surface area contributed by atoms with Crippen LogP contribution in [0.3, 0.4) is 0 Å². The van der Waals surface area contributed by atoms with Crippen LogP contribution in [0.1, 0.15) is 25.3 Å². The van der Waals surface area contributed by atoms with Gasteiger partial charge in [0.05, 0.1) is 18.3 Å². The Morgan fingerprint density at radius 2 is 2.17 bits per heavy atom. The molecule has 3 heteroatoms. The molecule has 1 aromatic rings. The monoisotopic (exact) mass is 264 g/mol. The van der Waals surface area contributed by atoms with E-state index >= 15 is 0 Å². The molecule has 1 N–H and O–H groups in total. The van der Waals surface area contributed by atoms with E-state index < -0.39 is 5.60 Å². The van der Waals surface area contributed by atoms with Crippen LogP contribution in [0, 0.1) is 0 Å². The molecule has 0 bridgehead atoms. The third-order valence-corrected chi connectivity index (χ3v) is 4.16. The summed E-state index contributed by atoms with van der Waals surface area (Å²) in [5.41, 5.74) is 0.536. The highest BCUT2D eigenvalue weighted by atomic mass is 32.2. The summed E-state index contributed by atoms with van der Waals surface area (Å²) in [4.78, 5) is 0. The van der Waals surface area contributed by atoms with E-state index in [0.29, 0.717) is 13.0 Å². The molecule has 2 nitrogen and oxygen atoms in total. The summed E-state index contributed by atoms with van der Waals surface area (Å²) in [7, 11) is 0. The Morgan fingerprint density at radius 1 is 1.39 bits per heavy atom. The van der Waals surface area contributed by atoms with Crippen molar-refractivity contribution in [1.82, 2.24) is 0 Å². The second kappa shape index (κ2) is 6.41. The first-order chi connectivity index (χ1) is 8.66. The van der Waals surface area contributed by atoms with E-state index in [4.69, 9.17) is 4.74 Å². The molecule has 0 amide bonds. The third-order valence-electron chi connectivity index (χ3n) is 2.98. The van der Waals surface area contributed by atoms with E-state index in [-0.39, 0.29) is 6.10 Å². The van der Waals surface area contributed by atoms with Crippen LogP contribution in [0.25, 0.3) is 0 Å². The molecule has 0 fully saturated rings. The molecule has 0 aliphatic carbocycles. The van der Waals surface area contributed by atoms with Gasteiger partial charge < -0.3 is 9.84 Å². The fraction of sp³-hybridized carbons (Fsp3) is 0.467. The largest absolute Gasteiger partial charge is 0.389 e. The normalized spacial score (nSPS) is 30.4. The van der Waals surface area contributed by atoms with Crippen molar-refractivity contribution >= 4 is 11.8 Å². The summed E-state index contributed by atoms with van der Waals surface area (Å²) in [5.74, 6) is 0.731. The second-order valence-corrected chi connectivity index (χ2v) is 5.93. The van der Waals surface area contributed by atoms with Crippen LogP contribution in [0.2, 0.25) is 0 Å². The number of ether oxygens (including phenoxy) is 1. The number of thioether (sulfide) groups is 1. The Kier molecular flexibility index (Phi) is 4.87. The van der Waals surface area contributed by atoms with E-state index in [9.17, 15) is 5.11 Å². The lowest BCUT2D eigenvalue weighted by molar-refractivity contribution is -0.0241. The first-order valence-corrected chi connectivity index (χ1v) is 7.35. The van der Waals surface area contributed by atoms with Crippen molar-refractivity contribution in [3.63, 3.8) is 0 Å². The van der Waals surface area contributed by atoms with Crippen LogP contribution in [0.15, 0.2) is 41.8 Å². The van der Waals surface area contributed by atoms with Gasteiger partial charge in [-0.1, -0.05) is 36.4 Å². The predicted molar refractivity (Wildman–Crippen MR) is 76.5 cm³/mol. The molecule has 0 saturated carbocycles. The average Bonchev–Trinajstić information content (AvgIpc) is 2.34. The van der Waals surface area contributed by atoms with Gasteiger partial charge in [-0.3, -0.25) is 0 Å². The lowest BCUT2D eigenvalue weighted by Gasteiger charge is -2.29. The van der Waals surface area contributed by atoms with Gasteiger partial charge in [-0.2, -0.15) is 0 Å². The van der Waals surface area contributed by atoms with Crippen molar-refractivity contribution in [3.8, 4) is 0 Å². The molecular weight excluding hydrogens is 244 g/mol. The summed E-state index contributed by atoms with van der Waals surface area (Å²) in [6.45, 7) is 2.50. The van der Waals surface area contributed by atoms with Gasteiger partial charge in [-0.15, -0.1) is 11.8 Å². The Bertz CT molecular complexity index is 387. The van der Waals surface area contributed by atoms with Gasteiger partial charge in [0.25, 0.3) is 0 Å². The molecular formula is C15H20O2S. The zero-order valence-electron chi connectivity index (χ0n) is 10.7. The van der Waals surface area contributed by atoms with Crippen LogP contribution in [-0.2, 0) is 11.3 Å². The summed E-state index contributed by atoms with van der Waals surface area (Å²) < 4.78 is 5.92. The van der Waals surface area contributed by atoms with Gasteiger partial charge in [0.1, 0.15) is 0 Å².